The van der Waals surface area contributed by atoms with Gasteiger partial charge in [-0.15, -0.1) is 0 Å². The van der Waals surface area contributed by atoms with Gasteiger partial charge in [0.1, 0.15) is 22.3 Å². The minimum Gasteiger partial charge on any atom is -0.456 e. The first-order chi connectivity index (χ1) is 24.8. The Morgan fingerprint density at radius 1 is 0.320 bits per heavy atom. The van der Waals surface area contributed by atoms with E-state index in [1.54, 1.807) is 0 Å². The summed E-state index contributed by atoms with van der Waals surface area (Å²) in [5, 5.41) is 4.37. The highest BCUT2D eigenvalue weighted by atomic mass is 16.3. The van der Waals surface area contributed by atoms with Crippen molar-refractivity contribution in [3.63, 3.8) is 0 Å². The summed E-state index contributed by atoms with van der Waals surface area (Å²) >= 11 is 0. The minimum atomic E-state index is 0.650. The molecule has 0 fully saturated rings. The molecule has 0 bridgehead atoms. The molecule has 234 valence electrons. The molecule has 50 heavy (non-hydrogen) atoms. The zero-order valence-electron chi connectivity index (χ0n) is 26.9. The van der Waals surface area contributed by atoms with E-state index in [0.717, 1.165) is 94.2 Å². The maximum absolute atomic E-state index is 6.33. The average molecular weight is 641 g/mol. The van der Waals surface area contributed by atoms with Gasteiger partial charge in [-0.1, -0.05) is 127 Å². The number of nitrogens with zero attached hydrogens (tertiary/aromatic N) is 2. The molecule has 0 aliphatic carbocycles. The lowest BCUT2D eigenvalue weighted by Gasteiger charge is -2.15. The fourth-order valence-electron chi connectivity index (χ4n) is 7.13. The van der Waals surface area contributed by atoms with Gasteiger partial charge in [0, 0.05) is 38.2 Å². The number of furan rings is 2. The van der Waals surface area contributed by atoms with E-state index in [2.05, 4.69) is 97.1 Å². The molecule has 10 aromatic rings. The summed E-state index contributed by atoms with van der Waals surface area (Å²) in [6, 6.07) is 58.4. The molecule has 0 saturated heterocycles. The summed E-state index contributed by atoms with van der Waals surface area (Å²) in [6.07, 6.45) is 0. The lowest BCUT2D eigenvalue weighted by molar-refractivity contribution is 0.668. The van der Waals surface area contributed by atoms with E-state index in [1.165, 1.54) is 0 Å². The van der Waals surface area contributed by atoms with Crippen molar-refractivity contribution in [2.24, 2.45) is 0 Å². The van der Waals surface area contributed by atoms with Crippen molar-refractivity contribution in [2.75, 3.05) is 0 Å². The topological polar surface area (TPSA) is 52.1 Å². The number of rotatable bonds is 5. The van der Waals surface area contributed by atoms with E-state index in [9.17, 15) is 0 Å². The van der Waals surface area contributed by atoms with Crippen LogP contribution in [0.25, 0.3) is 100 Å². The van der Waals surface area contributed by atoms with E-state index in [-0.39, 0.29) is 0 Å². The number of fused-ring (bicyclic) bond motifs is 6. The van der Waals surface area contributed by atoms with Gasteiger partial charge in [0.25, 0.3) is 0 Å². The minimum absolute atomic E-state index is 0.650. The van der Waals surface area contributed by atoms with Crippen LogP contribution in [-0.2, 0) is 0 Å². The van der Waals surface area contributed by atoms with Crippen LogP contribution in [0.4, 0.5) is 0 Å². The van der Waals surface area contributed by atoms with Gasteiger partial charge in [0.05, 0.1) is 11.4 Å². The van der Waals surface area contributed by atoms with Crippen molar-refractivity contribution in [3.8, 4) is 56.2 Å². The Labute approximate surface area is 287 Å². The van der Waals surface area contributed by atoms with Crippen molar-refractivity contribution in [1.82, 2.24) is 9.97 Å². The zero-order valence-corrected chi connectivity index (χ0v) is 26.9. The van der Waals surface area contributed by atoms with Crippen molar-refractivity contribution in [2.45, 2.75) is 0 Å². The van der Waals surface area contributed by atoms with Crippen LogP contribution < -0.4 is 0 Å². The maximum Gasteiger partial charge on any atom is 0.161 e. The molecule has 0 unspecified atom stereocenters. The molecule has 4 nitrogen and oxygen atoms in total. The van der Waals surface area contributed by atoms with Gasteiger partial charge < -0.3 is 8.83 Å². The first-order valence-corrected chi connectivity index (χ1v) is 16.7. The Morgan fingerprint density at radius 2 is 0.880 bits per heavy atom. The number of benzene rings is 7. The van der Waals surface area contributed by atoms with Crippen LogP contribution in [0.15, 0.2) is 179 Å². The van der Waals surface area contributed by atoms with Crippen molar-refractivity contribution >= 4 is 43.9 Å². The Balaban J connectivity index is 1.25. The summed E-state index contributed by atoms with van der Waals surface area (Å²) in [6.45, 7) is 0. The maximum atomic E-state index is 6.33. The third-order valence-electron chi connectivity index (χ3n) is 9.53. The number of para-hydroxylation sites is 2. The summed E-state index contributed by atoms with van der Waals surface area (Å²) in [5.74, 6) is 0.650. The van der Waals surface area contributed by atoms with E-state index in [0.29, 0.717) is 5.82 Å². The molecule has 0 radical (unpaired) electrons. The SMILES string of the molecule is c1ccc(-c2cc(-c3ccccc3)nc(-c3cc(-c4ccc5c(c4)oc4ccccc45)ccc3-c3cccc4oc5ccccc5c34)n2)cc1. The van der Waals surface area contributed by atoms with Gasteiger partial charge in [-0.2, -0.15) is 0 Å². The van der Waals surface area contributed by atoms with Gasteiger partial charge in [-0.05, 0) is 64.7 Å². The van der Waals surface area contributed by atoms with Crippen molar-refractivity contribution in [3.05, 3.63) is 170 Å². The molecule has 7 aromatic carbocycles. The van der Waals surface area contributed by atoms with Gasteiger partial charge >= 0.3 is 0 Å². The molecule has 4 heteroatoms. The Hall–Kier alpha value is -6.78. The molecular weight excluding hydrogens is 613 g/mol. The molecule has 0 amide bonds. The highest BCUT2D eigenvalue weighted by Crippen LogP contribution is 2.42. The number of hydrogen-bond donors (Lipinski definition) is 0. The second-order valence-electron chi connectivity index (χ2n) is 12.5. The molecule has 0 aliphatic rings. The molecule has 3 heterocycles. The van der Waals surface area contributed by atoms with E-state index in [1.807, 2.05) is 72.8 Å². The molecule has 0 spiro atoms. The van der Waals surface area contributed by atoms with Crippen molar-refractivity contribution < 1.29 is 8.83 Å². The monoisotopic (exact) mass is 640 g/mol. The van der Waals surface area contributed by atoms with Crippen molar-refractivity contribution in [1.29, 1.82) is 0 Å². The summed E-state index contributed by atoms with van der Waals surface area (Å²) in [5.41, 5.74) is 12.4. The molecule has 0 aliphatic heterocycles. The second-order valence-corrected chi connectivity index (χ2v) is 12.5. The first-order valence-electron chi connectivity index (χ1n) is 16.7. The molecule has 3 aromatic heterocycles. The third-order valence-corrected chi connectivity index (χ3v) is 9.53. The fourth-order valence-corrected chi connectivity index (χ4v) is 7.13. The lowest BCUT2D eigenvalue weighted by atomic mass is 9.91. The van der Waals surface area contributed by atoms with Gasteiger partial charge in [0.2, 0.25) is 0 Å². The molecule has 0 saturated carbocycles. The van der Waals surface area contributed by atoms with Gasteiger partial charge in [-0.25, -0.2) is 9.97 Å². The summed E-state index contributed by atoms with van der Waals surface area (Å²) in [4.78, 5) is 10.6. The molecule has 0 atom stereocenters. The highest BCUT2D eigenvalue weighted by molar-refractivity contribution is 6.14. The molecule has 10 rings (SSSR count). The number of hydrogen-bond acceptors (Lipinski definition) is 4. The molecular formula is C46H28N2O2. The Morgan fingerprint density at radius 3 is 1.62 bits per heavy atom. The standard InChI is InChI=1S/C46H28N2O2/c1-3-12-29(13-4-1)39-28-40(30-14-5-2-6-15-30)48-46(47-39)38-26-31(32-23-25-35-34-16-7-9-19-41(34)50-44(35)27-32)22-24-33(38)36-18-11-21-43-45(36)37-17-8-10-20-42(37)49-43/h1-28H. The lowest BCUT2D eigenvalue weighted by Crippen LogP contribution is -1.98. The smallest absolute Gasteiger partial charge is 0.161 e. The van der Waals surface area contributed by atoms with Gasteiger partial charge in [-0.3, -0.25) is 0 Å². The summed E-state index contributed by atoms with van der Waals surface area (Å²) in [7, 11) is 0. The Kier molecular flexibility index (Phi) is 6.46. The molecule has 0 N–H and O–H groups in total. The fraction of sp³-hybridized carbons (Fsp3) is 0. The third kappa shape index (κ3) is 4.69. The van der Waals surface area contributed by atoms with Crippen LogP contribution in [0, 0.1) is 0 Å². The largest absolute Gasteiger partial charge is 0.456 e. The van der Waals surface area contributed by atoms with Crippen LogP contribution in [0.2, 0.25) is 0 Å². The Bertz CT molecular complexity index is 2810. The second kappa shape index (κ2) is 11.4. The van der Waals surface area contributed by atoms with Crippen LogP contribution in [0.1, 0.15) is 0 Å². The van der Waals surface area contributed by atoms with Crippen LogP contribution in [0.3, 0.4) is 0 Å². The quantitative estimate of drug-likeness (QED) is 0.188. The van der Waals surface area contributed by atoms with Crippen LogP contribution in [-0.4, -0.2) is 9.97 Å². The van der Waals surface area contributed by atoms with E-state index < -0.39 is 0 Å². The van der Waals surface area contributed by atoms with Crippen LogP contribution >= 0.6 is 0 Å². The first kappa shape index (κ1) is 28.3. The van der Waals surface area contributed by atoms with E-state index >= 15 is 0 Å². The summed E-state index contributed by atoms with van der Waals surface area (Å²) < 4.78 is 12.6. The predicted molar refractivity (Wildman–Crippen MR) is 204 cm³/mol. The van der Waals surface area contributed by atoms with E-state index in [4.69, 9.17) is 18.8 Å². The normalized spacial score (nSPS) is 11.6. The highest BCUT2D eigenvalue weighted by Gasteiger charge is 2.20. The zero-order chi connectivity index (χ0) is 33.0. The van der Waals surface area contributed by atoms with Crippen LogP contribution in [0.5, 0.6) is 0 Å². The van der Waals surface area contributed by atoms with Gasteiger partial charge in [0.15, 0.2) is 5.82 Å². The predicted octanol–water partition coefficient (Wildman–Crippen LogP) is 12.6. The number of aromatic nitrogens is 2. The average Bonchev–Trinajstić information content (AvgIpc) is 3.76.